The molecule has 0 unspecified atom stereocenters. The monoisotopic (exact) mass is 205 g/mol. The van der Waals surface area contributed by atoms with Crippen LogP contribution in [0.2, 0.25) is 0 Å². The van der Waals surface area contributed by atoms with Crippen LogP contribution in [0.3, 0.4) is 0 Å². The van der Waals surface area contributed by atoms with Gasteiger partial charge in [0.25, 0.3) is 0 Å². The maximum Gasteiger partial charge on any atom is 0.159 e. The highest BCUT2D eigenvalue weighted by Crippen LogP contribution is 2.05. The molecule has 0 heterocycles. The summed E-state index contributed by atoms with van der Waals surface area (Å²) in [6.45, 7) is 6.85. The topological polar surface area (TPSA) is 29.1 Å². The Morgan fingerprint density at radius 3 is 2.33 bits per heavy atom. The zero-order valence-electron chi connectivity index (χ0n) is 9.71. The first kappa shape index (κ1) is 11.9. The number of hydrogen-bond acceptors (Lipinski definition) is 2. The third kappa shape index (κ3) is 4.26. The molecule has 1 N–H and O–H groups in total. The van der Waals surface area contributed by atoms with E-state index in [0.717, 1.165) is 18.5 Å². The third-order valence-electron chi connectivity index (χ3n) is 2.33. The van der Waals surface area contributed by atoms with E-state index in [1.165, 1.54) is 5.56 Å². The van der Waals surface area contributed by atoms with E-state index in [0.29, 0.717) is 6.04 Å². The van der Waals surface area contributed by atoms with Crippen LogP contribution in [0.5, 0.6) is 0 Å². The fourth-order valence-electron chi connectivity index (χ4n) is 1.41. The fourth-order valence-corrected chi connectivity index (χ4v) is 1.41. The number of nitrogens with one attached hydrogen (secondary N) is 1. The second-order valence-corrected chi connectivity index (χ2v) is 4.11. The molecule has 0 bridgehead atoms. The summed E-state index contributed by atoms with van der Waals surface area (Å²) in [6, 6.07) is 8.37. The van der Waals surface area contributed by atoms with E-state index in [2.05, 4.69) is 19.2 Å². The summed E-state index contributed by atoms with van der Waals surface area (Å²) >= 11 is 0. The van der Waals surface area contributed by atoms with E-state index in [1.807, 2.05) is 24.3 Å². The Morgan fingerprint density at radius 2 is 1.87 bits per heavy atom. The average Bonchev–Trinajstić information content (AvgIpc) is 2.18. The van der Waals surface area contributed by atoms with Crippen molar-refractivity contribution >= 4 is 5.78 Å². The Balaban J connectivity index is 2.46. The molecule has 0 saturated carbocycles. The van der Waals surface area contributed by atoms with Gasteiger partial charge in [0.2, 0.25) is 0 Å². The lowest BCUT2D eigenvalue weighted by Crippen LogP contribution is -2.24. The van der Waals surface area contributed by atoms with Crippen molar-refractivity contribution in [1.82, 2.24) is 5.32 Å². The van der Waals surface area contributed by atoms with E-state index in [1.54, 1.807) is 6.92 Å². The summed E-state index contributed by atoms with van der Waals surface area (Å²) in [6.07, 6.45) is 1.01. The summed E-state index contributed by atoms with van der Waals surface area (Å²) in [7, 11) is 0. The van der Waals surface area contributed by atoms with Crippen LogP contribution in [0, 0.1) is 0 Å². The number of carbonyl (C=O) groups is 1. The molecule has 0 spiro atoms. The van der Waals surface area contributed by atoms with Gasteiger partial charge in [0, 0.05) is 11.6 Å². The second-order valence-electron chi connectivity index (χ2n) is 4.11. The number of rotatable bonds is 5. The maximum absolute atomic E-state index is 11.0. The Morgan fingerprint density at radius 1 is 1.27 bits per heavy atom. The molecule has 0 aromatic heterocycles. The average molecular weight is 205 g/mol. The zero-order valence-corrected chi connectivity index (χ0v) is 9.71. The maximum atomic E-state index is 11.0. The fraction of sp³-hybridized carbons (Fsp3) is 0.462. The molecule has 15 heavy (non-hydrogen) atoms. The molecule has 2 nitrogen and oxygen atoms in total. The van der Waals surface area contributed by atoms with Crippen molar-refractivity contribution in [2.75, 3.05) is 6.54 Å². The molecular weight excluding hydrogens is 186 g/mol. The molecule has 2 heteroatoms. The summed E-state index contributed by atoms with van der Waals surface area (Å²) in [5.74, 6) is 0.127. The van der Waals surface area contributed by atoms with Crippen LogP contribution in [0.25, 0.3) is 0 Å². The molecule has 1 rings (SSSR count). The van der Waals surface area contributed by atoms with Gasteiger partial charge in [-0.15, -0.1) is 0 Å². The van der Waals surface area contributed by atoms with Gasteiger partial charge < -0.3 is 5.32 Å². The molecule has 0 aliphatic rings. The molecule has 82 valence electrons. The molecule has 0 atom stereocenters. The SMILES string of the molecule is CC(=O)c1ccc(CCNC(C)C)cc1. The molecular formula is C13H19NO. The van der Waals surface area contributed by atoms with Gasteiger partial charge in [-0.1, -0.05) is 38.1 Å². The van der Waals surface area contributed by atoms with Crippen molar-refractivity contribution in [3.8, 4) is 0 Å². The zero-order chi connectivity index (χ0) is 11.3. The predicted molar refractivity (Wildman–Crippen MR) is 63.3 cm³/mol. The van der Waals surface area contributed by atoms with Crippen LogP contribution in [0.15, 0.2) is 24.3 Å². The van der Waals surface area contributed by atoms with E-state index in [-0.39, 0.29) is 5.78 Å². The lowest BCUT2D eigenvalue weighted by molar-refractivity contribution is 0.101. The largest absolute Gasteiger partial charge is 0.314 e. The molecule has 0 aliphatic carbocycles. The standard InChI is InChI=1S/C13H19NO/c1-10(2)14-9-8-12-4-6-13(7-5-12)11(3)15/h4-7,10,14H,8-9H2,1-3H3. The summed E-state index contributed by atoms with van der Waals surface area (Å²) < 4.78 is 0. The molecule has 1 aromatic rings. The van der Waals surface area contributed by atoms with E-state index < -0.39 is 0 Å². The van der Waals surface area contributed by atoms with Crippen LogP contribution in [-0.4, -0.2) is 18.4 Å². The first-order valence-corrected chi connectivity index (χ1v) is 5.43. The molecule has 0 fully saturated rings. The van der Waals surface area contributed by atoms with Gasteiger partial charge in [-0.3, -0.25) is 4.79 Å². The van der Waals surface area contributed by atoms with Gasteiger partial charge >= 0.3 is 0 Å². The highest BCUT2D eigenvalue weighted by Gasteiger charge is 1.99. The first-order valence-electron chi connectivity index (χ1n) is 5.43. The number of Topliss-reactive ketones (excluding diaryl/α,β-unsaturated/α-hetero) is 1. The van der Waals surface area contributed by atoms with Gasteiger partial charge in [0.1, 0.15) is 0 Å². The molecule has 0 aliphatic heterocycles. The van der Waals surface area contributed by atoms with Gasteiger partial charge in [0.05, 0.1) is 0 Å². The third-order valence-corrected chi connectivity index (χ3v) is 2.33. The van der Waals surface area contributed by atoms with Crippen LogP contribution in [0.4, 0.5) is 0 Å². The number of carbonyl (C=O) groups excluding carboxylic acids is 1. The van der Waals surface area contributed by atoms with Crippen molar-refractivity contribution in [2.45, 2.75) is 33.2 Å². The Bertz CT molecular complexity index is 314. The Labute approximate surface area is 91.7 Å². The van der Waals surface area contributed by atoms with E-state index >= 15 is 0 Å². The highest BCUT2D eigenvalue weighted by atomic mass is 16.1. The summed E-state index contributed by atoms with van der Waals surface area (Å²) in [4.78, 5) is 11.0. The highest BCUT2D eigenvalue weighted by molar-refractivity contribution is 5.93. The molecule has 0 radical (unpaired) electrons. The van der Waals surface area contributed by atoms with Crippen LogP contribution in [-0.2, 0) is 6.42 Å². The van der Waals surface area contributed by atoms with Crippen molar-refractivity contribution in [2.24, 2.45) is 0 Å². The lowest BCUT2D eigenvalue weighted by atomic mass is 10.1. The van der Waals surface area contributed by atoms with Gasteiger partial charge in [-0.25, -0.2) is 0 Å². The minimum absolute atomic E-state index is 0.127. The number of ketones is 1. The van der Waals surface area contributed by atoms with Crippen LogP contribution in [0.1, 0.15) is 36.7 Å². The normalized spacial score (nSPS) is 10.7. The number of benzene rings is 1. The first-order chi connectivity index (χ1) is 7.09. The van der Waals surface area contributed by atoms with Crippen molar-refractivity contribution < 1.29 is 4.79 Å². The molecule has 0 amide bonds. The second kappa shape index (κ2) is 5.66. The summed E-state index contributed by atoms with van der Waals surface area (Å²) in [5, 5.41) is 3.36. The Kier molecular flexibility index (Phi) is 4.50. The Hall–Kier alpha value is -1.15. The predicted octanol–water partition coefficient (Wildman–Crippen LogP) is 2.43. The molecule has 0 saturated heterocycles. The van der Waals surface area contributed by atoms with E-state index in [4.69, 9.17) is 0 Å². The number of hydrogen-bond donors (Lipinski definition) is 1. The minimum atomic E-state index is 0.127. The minimum Gasteiger partial charge on any atom is -0.314 e. The van der Waals surface area contributed by atoms with Gasteiger partial charge in [-0.2, -0.15) is 0 Å². The lowest BCUT2D eigenvalue weighted by Gasteiger charge is -2.07. The quantitative estimate of drug-likeness (QED) is 0.748. The summed E-state index contributed by atoms with van der Waals surface area (Å²) in [5.41, 5.74) is 2.06. The van der Waals surface area contributed by atoms with E-state index in [9.17, 15) is 4.79 Å². The van der Waals surface area contributed by atoms with Crippen LogP contribution < -0.4 is 5.32 Å². The van der Waals surface area contributed by atoms with Gasteiger partial charge in [-0.05, 0) is 25.5 Å². The smallest absolute Gasteiger partial charge is 0.159 e. The van der Waals surface area contributed by atoms with Crippen LogP contribution >= 0.6 is 0 Å². The van der Waals surface area contributed by atoms with Gasteiger partial charge in [0.15, 0.2) is 5.78 Å². The van der Waals surface area contributed by atoms with Crippen molar-refractivity contribution in [1.29, 1.82) is 0 Å². The van der Waals surface area contributed by atoms with Crippen molar-refractivity contribution in [3.05, 3.63) is 35.4 Å². The van der Waals surface area contributed by atoms with Crippen molar-refractivity contribution in [3.63, 3.8) is 0 Å². The molecule has 1 aromatic carbocycles.